The van der Waals surface area contributed by atoms with Gasteiger partial charge >= 0.3 is 6.03 Å². The summed E-state index contributed by atoms with van der Waals surface area (Å²) in [5.74, 6) is 0.377. The zero-order valence-electron chi connectivity index (χ0n) is 17.7. The van der Waals surface area contributed by atoms with Gasteiger partial charge in [-0.1, -0.05) is 32.0 Å². The van der Waals surface area contributed by atoms with E-state index in [9.17, 15) is 14.4 Å². The molecule has 1 aromatic carbocycles. The third-order valence-corrected chi connectivity index (χ3v) is 6.05. The summed E-state index contributed by atoms with van der Waals surface area (Å²) in [4.78, 5) is 40.3. The summed E-state index contributed by atoms with van der Waals surface area (Å²) in [5.41, 5.74) is 0.0154. The van der Waals surface area contributed by atoms with Gasteiger partial charge in [-0.2, -0.15) is 0 Å². The van der Waals surface area contributed by atoms with E-state index >= 15 is 0 Å². The van der Waals surface area contributed by atoms with Crippen LogP contribution in [0.3, 0.4) is 0 Å². The van der Waals surface area contributed by atoms with Crippen molar-refractivity contribution >= 4 is 23.5 Å². The number of piperidine rings is 1. The Morgan fingerprint density at radius 3 is 2.52 bits per heavy atom. The van der Waals surface area contributed by atoms with Gasteiger partial charge in [0.15, 0.2) is 6.67 Å². The van der Waals surface area contributed by atoms with Gasteiger partial charge in [-0.25, -0.2) is 9.69 Å². The minimum absolute atomic E-state index is 0.0293. The van der Waals surface area contributed by atoms with Crippen molar-refractivity contribution in [3.8, 4) is 0 Å². The lowest BCUT2D eigenvalue weighted by atomic mass is 9.92. The van der Waals surface area contributed by atoms with Crippen molar-refractivity contribution in [2.24, 2.45) is 11.8 Å². The molecular formula is C22H33N4O3+. The van der Waals surface area contributed by atoms with Crippen LogP contribution in [0, 0.1) is 11.8 Å². The van der Waals surface area contributed by atoms with Crippen molar-refractivity contribution in [3.05, 3.63) is 30.3 Å². The average Bonchev–Trinajstić information content (AvgIpc) is 2.91. The van der Waals surface area contributed by atoms with E-state index in [4.69, 9.17) is 0 Å². The molecule has 0 unspecified atom stereocenters. The highest BCUT2D eigenvalue weighted by Gasteiger charge is 2.48. The Morgan fingerprint density at radius 1 is 1.24 bits per heavy atom. The number of benzene rings is 1. The SMILES string of the molecule is CC(C)CC[C@]1(C)NC(=O)N(C[NH+]2CCC(C(=O)Nc3ccccc3)CC2)C1=O. The van der Waals surface area contributed by atoms with E-state index in [-0.39, 0.29) is 23.8 Å². The number of quaternary nitrogens is 1. The summed E-state index contributed by atoms with van der Waals surface area (Å²) in [5, 5.41) is 5.86. The fourth-order valence-electron chi connectivity index (χ4n) is 4.07. The quantitative estimate of drug-likeness (QED) is 0.607. The molecule has 3 rings (SSSR count). The summed E-state index contributed by atoms with van der Waals surface area (Å²) >= 11 is 0. The molecule has 0 aromatic heterocycles. The Morgan fingerprint density at radius 2 is 1.90 bits per heavy atom. The smallest absolute Gasteiger partial charge is 0.326 e. The number of rotatable bonds is 7. The first-order valence-corrected chi connectivity index (χ1v) is 10.6. The Hall–Kier alpha value is -2.41. The Bertz CT molecular complexity index is 744. The molecule has 4 amide bonds. The maximum Gasteiger partial charge on any atom is 0.329 e. The van der Waals surface area contributed by atoms with E-state index in [2.05, 4.69) is 24.5 Å². The van der Waals surface area contributed by atoms with E-state index in [1.165, 1.54) is 9.80 Å². The predicted octanol–water partition coefficient (Wildman–Crippen LogP) is 1.62. The summed E-state index contributed by atoms with van der Waals surface area (Å²) < 4.78 is 0. The standard InChI is InChI=1S/C22H32N4O3/c1-16(2)9-12-22(3)20(28)26(21(29)24-22)15-25-13-10-17(11-14-25)19(27)23-18-7-5-4-6-8-18/h4-8,16-17H,9-15H2,1-3H3,(H,23,27)(H,24,29)/p+1/t22-/m0/s1. The van der Waals surface area contributed by atoms with Crippen LogP contribution in [0.4, 0.5) is 10.5 Å². The third-order valence-electron chi connectivity index (χ3n) is 6.05. The van der Waals surface area contributed by atoms with Crippen molar-refractivity contribution in [3.63, 3.8) is 0 Å². The van der Waals surface area contributed by atoms with Gasteiger partial charge in [0, 0.05) is 24.4 Å². The van der Waals surface area contributed by atoms with Gasteiger partial charge < -0.3 is 15.5 Å². The number of para-hydroxylation sites is 1. The van der Waals surface area contributed by atoms with Gasteiger partial charge in [0.05, 0.1) is 13.1 Å². The number of hydrogen-bond donors (Lipinski definition) is 3. The molecule has 2 aliphatic heterocycles. The molecule has 2 heterocycles. The molecule has 2 saturated heterocycles. The topological polar surface area (TPSA) is 82.9 Å². The molecule has 29 heavy (non-hydrogen) atoms. The number of likely N-dealkylation sites (tertiary alicyclic amines) is 1. The minimum Gasteiger partial charge on any atom is -0.326 e. The Balaban J connectivity index is 1.49. The monoisotopic (exact) mass is 401 g/mol. The maximum absolute atomic E-state index is 12.9. The van der Waals surface area contributed by atoms with Crippen LogP contribution >= 0.6 is 0 Å². The van der Waals surface area contributed by atoms with E-state index < -0.39 is 5.54 Å². The third kappa shape index (κ3) is 5.15. The first-order valence-electron chi connectivity index (χ1n) is 10.6. The number of urea groups is 1. The highest BCUT2D eigenvalue weighted by atomic mass is 16.2. The van der Waals surface area contributed by atoms with Crippen LogP contribution in [-0.2, 0) is 9.59 Å². The molecule has 7 nitrogen and oxygen atoms in total. The van der Waals surface area contributed by atoms with Crippen LogP contribution in [0.15, 0.2) is 30.3 Å². The molecule has 1 atom stereocenters. The molecule has 1 aromatic rings. The molecule has 3 N–H and O–H groups in total. The first kappa shape index (κ1) is 21.3. The fourth-order valence-corrected chi connectivity index (χ4v) is 4.07. The van der Waals surface area contributed by atoms with Crippen molar-refractivity contribution in [2.75, 3.05) is 25.1 Å². The Labute approximate surface area is 172 Å². The maximum atomic E-state index is 12.9. The van der Waals surface area contributed by atoms with Crippen LogP contribution in [0.1, 0.15) is 46.5 Å². The van der Waals surface area contributed by atoms with E-state index in [0.717, 1.165) is 38.0 Å². The summed E-state index contributed by atoms with van der Waals surface area (Å²) in [7, 11) is 0. The van der Waals surface area contributed by atoms with E-state index in [1.54, 1.807) is 0 Å². The second kappa shape index (κ2) is 8.95. The summed E-state index contributed by atoms with van der Waals surface area (Å²) in [6.45, 7) is 7.97. The second-order valence-electron chi connectivity index (χ2n) is 8.97. The second-order valence-corrected chi connectivity index (χ2v) is 8.97. The molecule has 158 valence electrons. The molecule has 2 aliphatic rings. The van der Waals surface area contributed by atoms with E-state index in [1.807, 2.05) is 37.3 Å². The first-order chi connectivity index (χ1) is 13.8. The highest BCUT2D eigenvalue weighted by Crippen LogP contribution is 2.24. The van der Waals surface area contributed by atoms with Gasteiger partial charge in [-0.3, -0.25) is 9.59 Å². The van der Waals surface area contributed by atoms with E-state index in [0.29, 0.717) is 19.0 Å². The number of nitrogens with zero attached hydrogens (tertiary/aromatic N) is 1. The van der Waals surface area contributed by atoms with Crippen LogP contribution in [-0.4, -0.2) is 48.0 Å². The van der Waals surface area contributed by atoms with Gasteiger partial charge in [0.1, 0.15) is 5.54 Å². The van der Waals surface area contributed by atoms with Crippen molar-refractivity contribution in [1.82, 2.24) is 10.2 Å². The van der Waals surface area contributed by atoms with Crippen LogP contribution in [0.2, 0.25) is 0 Å². The number of nitrogens with one attached hydrogen (secondary N) is 3. The lowest BCUT2D eigenvalue weighted by Crippen LogP contribution is -3.14. The summed E-state index contributed by atoms with van der Waals surface area (Å²) in [6, 6.07) is 9.18. The van der Waals surface area contributed by atoms with Crippen LogP contribution in [0.25, 0.3) is 0 Å². The highest BCUT2D eigenvalue weighted by molar-refractivity contribution is 6.06. The number of imide groups is 1. The summed E-state index contributed by atoms with van der Waals surface area (Å²) in [6.07, 6.45) is 3.05. The zero-order valence-corrected chi connectivity index (χ0v) is 17.7. The molecule has 0 saturated carbocycles. The van der Waals surface area contributed by atoms with Crippen molar-refractivity contribution in [1.29, 1.82) is 0 Å². The van der Waals surface area contributed by atoms with Gasteiger partial charge in [0.25, 0.3) is 5.91 Å². The molecule has 2 fully saturated rings. The molecular weight excluding hydrogens is 368 g/mol. The molecule has 7 heteroatoms. The fraction of sp³-hybridized carbons (Fsp3) is 0.591. The van der Waals surface area contributed by atoms with Crippen molar-refractivity contribution < 1.29 is 19.3 Å². The number of carbonyl (C=O) groups excluding carboxylic acids is 3. The van der Waals surface area contributed by atoms with Gasteiger partial charge in [0.2, 0.25) is 5.91 Å². The number of carbonyl (C=O) groups is 3. The number of anilines is 1. The molecule has 0 radical (unpaired) electrons. The lowest BCUT2D eigenvalue weighted by molar-refractivity contribution is -0.912. The Kier molecular flexibility index (Phi) is 6.57. The lowest BCUT2D eigenvalue weighted by Gasteiger charge is -2.30. The zero-order chi connectivity index (χ0) is 21.0. The van der Waals surface area contributed by atoms with Crippen LogP contribution < -0.4 is 15.5 Å². The van der Waals surface area contributed by atoms with Gasteiger partial charge in [-0.15, -0.1) is 0 Å². The number of amides is 4. The van der Waals surface area contributed by atoms with Gasteiger partial charge in [-0.05, 0) is 37.8 Å². The largest absolute Gasteiger partial charge is 0.329 e. The minimum atomic E-state index is -0.797. The number of hydrogen-bond acceptors (Lipinski definition) is 3. The van der Waals surface area contributed by atoms with Crippen LogP contribution in [0.5, 0.6) is 0 Å². The molecule has 0 bridgehead atoms. The molecule has 0 aliphatic carbocycles. The normalized spacial score (nSPS) is 27.2. The van der Waals surface area contributed by atoms with Crippen molar-refractivity contribution in [2.45, 2.75) is 52.0 Å². The average molecular weight is 402 g/mol. The predicted molar refractivity (Wildman–Crippen MR) is 111 cm³/mol. The molecule has 0 spiro atoms.